The summed E-state index contributed by atoms with van der Waals surface area (Å²) in [6, 6.07) is 5.66. The van der Waals surface area contributed by atoms with E-state index < -0.39 is 11.6 Å². The number of carbonyl (C=O) groups excluding carboxylic acids is 3. The number of urea groups is 1. The average molecular weight is 404 g/mol. The van der Waals surface area contributed by atoms with Crippen molar-refractivity contribution in [2.75, 3.05) is 13.1 Å². The third-order valence-corrected chi connectivity index (χ3v) is 7.01. The first-order chi connectivity index (χ1) is 12.9. The number of nitrogens with one attached hydrogen (secondary N) is 1. The van der Waals surface area contributed by atoms with E-state index in [1.807, 2.05) is 16.3 Å². The fourth-order valence-corrected chi connectivity index (χ4v) is 5.47. The lowest BCUT2D eigenvalue weighted by atomic mass is 9.98. The first-order valence-electron chi connectivity index (χ1n) is 8.92. The SMILES string of the molecule is CC1(C)NC(=O)N(CCC(=O)N2CCc3sccc3[C@H]2c2cccs2)C1=O. The van der Waals surface area contributed by atoms with Crippen molar-refractivity contribution in [1.82, 2.24) is 15.1 Å². The van der Waals surface area contributed by atoms with E-state index in [-0.39, 0.29) is 30.8 Å². The van der Waals surface area contributed by atoms with Crippen LogP contribution in [0.1, 0.15) is 41.6 Å². The third kappa shape index (κ3) is 3.17. The maximum Gasteiger partial charge on any atom is 0.325 e. The average Bonchev–Trinajstić information content (AvgIpc) is 3.34. The molecule has 2 aliphatic rings. The molecule has 2 aliphatic heterocycles. The number of fused-ring (bicyclic) bond motifs is 1. The van der Waals surface area contributed by atoms with Gasteiger partial charge in [0.2, 0.25) is 5.91 Å². The number of nitrogens with zero attached hydrogens (tertiary/aromatic N) is 2. The number of hydrogen-bond acceptors (Lipinski definition) is 5. The molecular formula is C19H21N3O3S2. The van der Waals surface area contributed by atoms with Gasteiger partial charge in [0.25, 0.3) is 5.91 Å². The van der Waals surface area contributed by atoms with E-state index in [1.165, 1.54) is 10.4 Å². The Hall–Kier alpha value is -2.19. The molecule has 2 aromatic rings. The first-order valence-corrected chi connectivity index (χ1v) is 10.7. The summed E-state index contributed by atoms with van der Waals surface area (Å²) in [4.78, 5) is 42.9. The van der Waals surface area contributed by atoms with Crippen molar-refractivity contribution in [3.63, 3.8) is 0 Å². The van der Waals surface area contributed by atoms with Crippen LogP contribution in [0.2, 0.25) is 0 Å². The fourth-order valence-electron chi connectivity index (χ4n) is 3.71. The van der Waals surface area contributed by atoms with E-state index in [0.717, 1.165) is 16.2 Å². The quantitative estimate of drug-likeness (QED) is 0.798. The van der Waals surface area contributed by atoms with Crippen molar-refractivity contribution >= 4 is 40.5 Å². The molecular weight excluding hydrogens is 382 g/mol. The van der Waals surface area contributed by atoms with E-state index in [2.05, 4.69) is 22.8 Å². The minimum absolute atomic E-state index is 0.0319. The molecule has 142 valence electrons. The summed E-state index contributed by atoms with van der Waals surface area (Å²) in [7, 11) is 0. The first kappa shape index (κ1) is 18.2. The zero-order chi connectivity index (χ0) is 19.2. The van der Waals surface area contributed by atoms with Crippen molar-refractivity contribution in [1.29, 1.82) is 0 Å². The molecule has 2 aromatic heterocycles. The molecule has 0 saturated carbocycles. The van der Waals surface area contributed by atoms with Crippen LogP contribution in [0.25, 0.3) is 0 Å². The Morgan fingerprint density at radius 1 is 1.26 bits per heavy atom. The van der Waals surface area contributed by atoms with Gasteiger partial charge in [0.1, 0.15) is 5.54 Å². The molecule has 4 rings (SSSR count). The predicted molar refractivity (Wildman–Crippen MR) is 105 cm³/mol. The molecule has 8 heteroatoms. The van der Waals surface area contributed by atoms with E-state index in [0.29, 0.717) is 6.54 Å². The lowest BCUT2D eigenvalue weighted by Crippen LogP contribution is -2.43. The minimum Gasteiger partial charge on any atom is -0.330 e. The van der Waals surface area contributed by atoms with Crippen LogP contribution in [0.5, 0.6) is 0 Å². The second-order valence-corrected chi connectivity index (χ2v) is 9.30. The molecule has 1 fully saturated rings. The Morgan fingerprint density at radius 3 is 2.74 bits per heavy atom. The molecule has 0 unspecified atom stereocenters. The molecule has 0 aromatic carbocycles. The Labute approximate surface area is 165 Å². The maximum atomic E-state index is 13.0. The Bertz CT molecular complexity index is 888. The summed E-state index contributed by atoms with van der Waals surface area (Å²) in [5.41, 5.74) is 0.286. The largest absolute Gasteiger partial charge is 0.330 e. The van der Waals surface area contributed by atoms with Crippen molar-refractivity contribution in [2.24, 2.45) is 0 Å². The van der Waals surface area contributed by atoms with Gasteiger partial charge in [-0.3, -0.25) is 14.5 Å². The molecule has 4 amide bonds. The van der Waals surface area contributed by atoms with Crippen LogP contribution < -0.4 is 5.32 Å². The highest BCUT2D eigenvalue weighted by Gasteiger charge is 2.44. The van der Waals surface area contributed by atoms with Gasteiger partial charge in [-0.25, -0.2) is 4.79 Å². The number of amides is 4. The number of imide groups is 1. The van der Waals surface area contributed by atoms with Gasteiger partial charge in [0.15, 0.2) is 0 Å². The van der Waals surface area contributed by atoms with E-state index in [1.54, 1.807) is 36.5 Å². The van der Waals surface area contributed by atoms with E-state index in [9.17, 15) is 14.4 Å². The summed E-state index contributed by atoms with van der Waals surface area (Å²) in [6.45, 7) is 4.10. The molecule has 6 nitrogen and oxygen atoms in total. The molecule has 1 saturated heterocycles. The van der Waals surface area contributed by atoms with Crippen LogP contribution in [0.15, 0.2) is 29.0 Å². The Balaban J connectivity index is 1.51. The Kier molecular flexibility index (Phi) is 4.55. The van der Waals surface area contributed by atoms with Crippen molar-refractivity contribution in [3.8, 4) is 0 Å². The second-order valence-electron chi connectivity index (χ2n) is 7.32. The Morgan fingerprint density at radius 2 is 2.07 bits per heavy atom. The van der Waals surface area contributed by atoms with E-state index in [4.69, 9.17) is 0 Å². The maximum absolute atomic E-state index is 13.0. The smallest absolute Gasteiger partial charge is 0.325 e. The molecule has 27 heavy (non-hydrogen) atoms. The summed E-state index contributed by atoms with van der Waals surface area (Å²) >= 11 is 3.38. The molecule has 0 spiro atoms. The summed E-state index contributed by atoms with van der Waals surface area (Å²) in [5.74, 6) is -0.315. The zero-order valence-electron chi connectivity index (χ0n) is 15.2. The van der Waals surface area contributed by atoms with Crippen LogP contribution in [0.4, 0.5) is 4.79 Å². The molecule has 4 heterocycles. The minimum atomic E-state index is -0.906. The molecule has 0 radical (unpaired) electrons. The van der Waals surface area contributed by atoms with Crippen molar-refractivity contribution < 1.29 is 14.4 Å². The van der Waals surface area contributed by atoms with Crippen LogP contribution in [-0.4, -0.2) is 46.3 Å². The highest BCUT2D eigenvalue weighted by molar-refractivity contribution is 7.10. The van der Waals surface area contributed by atoms with Gasteiger partial charge in [-0.2, -0.15) is 0 Å². The lowest BCUT2D eigenvalue weighted by molar-refractivity contribution is -0.134. The van der Waals surface area contributed by atoms with Gasteiger partial charge in [-0.1, -0.05) is 6.07 Å². The highest BCUT2D eigenvalue weighted by atomic mass is 32.1. The number of hydrogen-bond donors (Lipinski definition) is 1. The van der Waals surface area contributed by atoms with E-state index >= 15 is 0 Å². The van der Waals surface area contributed by atoms with Gasteiger partial charge in [-0.05, 0) is 48.7 Å². The van der Waals surface area contributed by atoms with Gasteiger partial charge in [0, 0.05) is 29.3 Å². The van der Waals surface area contributed by atoms with Crippen molar-refractivity contribution in [3.05, 3.63) is 44.3 Å². The molecule has 1 N–H and O–H groups in total. The molecule has 1 atom stereocenters. The molecule has 0 bridgehead atoms. The highest BCUT2D eigenvalue weighted by Crippen LogP contribution is 2.39. The molecule has 0 aliphatic carbocycles. The van der Waals surface area contributed by atoms with Gasteiger partial charge in [0.05, 0.1) is 6.04 Å². The lowest BCUT2D eigenvalue weighted by Gasteiger charge is -2.35. The summed E-state index contributed by atoms with van der Waals surface area (Å²) in [5, 5.41) is 6.75. The number of rotatable bonds is 4. The van der Waals surface area contributed by atoms with Crippen LogP contribution in [0.3, 0.4) is 0 Å². The monoisotopic (exact) mass is 403 g/mol. The predicted octanol–water partition coefficient (Wildman–Crippen LogP) is 3.00. The van der Waals surface area contributed by atoms with Gasteiger partial charge in [-0.15, -0.1) is 22.7 Å². The zero-order valence-corrected chi connectivity index (χ0v) is 16.9. The number of thiophene rings is 2. The number of carbonyl (C=O) groups is 3. The summed E-state index contributed by atoms with van der Waals surface area (Å²) in [6.07, 6.45) is 0.980. The van der Waals surface area contributed by atoms with Crippen LogP contribution in [-0.2, 0) is 16.0 Å². The topological polar surface area (TPSA) is 69.7 Å². The van der Waals surface area contributed by atoms with Crippen LogP contribution in [0, 0.1) is 0 Å². The van der Waals surface area contributed by atoms with Crippen molar-refractivity contribution in [2.45, 2.75) is 38.3 Å². The second kappa shape index (κ2) is 6.76. The van der Waals surface area contributed by atoms with Gasteiger partial charge < -0.3 is 10.2 Å². The van der Waals surface area contributed by atoms with Crippen LogP contribution >= 0.6 is 22.7 Å². The standard InChI is InChI=1S/C19H21N3O3S2/c1-19(2)17(24)22(18(25)20-19)9-6-15(23)21-8-5-13-12(7-11-27-13)16(21)14-4-3-10-26-14/h3-4,7,10-11,16H,5-6,8-9H2,1-2H3,(H,20,25)/t16-/m0/s1. The van der Waals surface area contributed by atoms with Gasteiger partial charge >= 0.3 is 6.03 Å². The summed E-state index contributed by atoms with van der Waals surface area (Å²) < 4.78 is 0. The third-order valence-electron chi connectivity index (χ3n) is 5.09. The fraction of sp³-hybridized carbons (Fsp3) is 0.421. The normalized spacial score (nSPS) is 21.3.